The van der Waals surface area contributed by atoms with Crippen molar-refractivity contribution in [2.75, 3.05) is 18.1 Å². The third kappa shape index (κ3) is 1.95. The number of ether oxygens (including phenoxy) is 1. The molecular formula is C10H13N5O3S. The van der Waals surface area contributed by atoms with Crippen LogP contribution in [-0.4, -0.2) is 32.4 Å². The van der Waals surface area contributed by atoms with Gasteiger partial charge in [-0.1, -0.05) is 11.3 Å². The zero-order valence-corrected chi connectivity index (χ0v) is 10.8. The van der Waals surface area contributed by atoms with Crippen molar-refractivity contribution in [3.8, 4) is 0 Å². The van der Waals surface area contributed by atoms with Gasteiger partial charge in [-0.25, -0.2) is 0 Å². The van der Waals surface area contributed by atoms with Crippen LogP contribution in [0.1, 0.15) is 19.1 Å². The Balaban J connectivity index is 2.13. The van der Waals surface area contributed by atoms with Crippen LogP contribution in [0.4, 0.5) is 11.8 Å². The van der Waals surface area contributed by atoms with Gasteiger partial charge < -0.3 is 21.3 Å². The molecule has 0 unspecified atom stereocenters. The van der Waals surface area contributed by atoms with Crippen LogP contribution in [0, 0.1) is 0 Å². The number of rotatable bonds is 2. The van der Waals surface area contributed by atoms with Crippen molar-refractivity contribution in [3.05, 3.63) is 9.67 Å². The summed E-state index contributed by atoms with van der Waals surface area (Å²) in [5.41, 5.74) is 11.7. The molecule has 0 radical (unpaired) electrons. The molecule has 1 aliphatic heterocycles. The Bertz CT molecular complexity index is 682. The van der Waals surface area contributed by atoms with Crippen LogP contribution in [0.2, 0.25) is 0 Å². The van der Waals surface area contributed by atoms with Gasteiger partial charge in [0, 0.05) is 0 Å². The maximum absolute atomic E-state index is 12.1. The van der Waals surface area contributed by atoms with Crippen LogP contribution in [-0.2, 0) is 4.74 Å². The van der Waals surface area contributed by atoms with E-state index in [1.807, 2.05) is 0 Å². The van der Waals surface area contributed by atoms with E-state index in [2.05, 4.69) is 9.97 Å². The zero-order chi connectivity index (χ0) is 13.6. The molecule has 1 aliphatic rings. The van der Waals surface area contributed by atoms with Crippen LogP contribution in [0.15, 0.2) is 4.79 Å². The molecule has 0 saturated carbocycles. The first kappa shape index (κ1) is 12.3. The van der Waals surface area contributed by atoms with E-state index in [9.17, 15) is 4.79 Å². The van der Waals surface area contributed by atoms with Gasteiger partial charge in [0.15, 0.2) is 5.65 Å². The van der Waals surface area contributed by atoms with Gasteiger partial charge in [-0.05, 0) is 12.8 Å². The third-order valence-corrected chi connectivity index (χ3v) is 4.05. The number of aromatic nitrogens is 3. The number of anilines is 2. The van der Waals surface area contributed by atoms with Crippen LogP contribution in [0.25, 0.3) is 10.3 Å². The lowest BCUT2D eigenvalue weighted by molar-refractivity contribution is -0.0214. The van der Waals surface area contributed by atoms with Crippen LogP contribution < -0.4 is 16.3 Å². The molecule has 3 heterocycles. The molecule has 1 saturated heterocycles. The predicted molar refractivity (Wildman–Crippen MR) is 70.7 cm³/mol. The Morgan fingerprint density at radius 2 is 2.21 bits per heavy atom. The van der Waals surface area contributed by atoms with Gasteiger partial charge >= 0.3 is 4.87 Å². The van der Waals surface area contributed by atoms with Crippen molar-refractivity contribution < 1.29 is 9.84 Å². The lowest BCUT2D eigenvalue weighted by Crippen LogP contribution is -2.21. The number of hydrogen-bond acceptors (Lipinski definition) is 8. The fourth-order valence-electron chi connectivity index (χ4n) is 2.22. The minimum absolute atomic E-state index is 0.0215. The molecule has 2 aromatic heterocycles. The molecule has 0 aromatic carbocycles. The molecule has 2 atom stereocenters. The van der Waals surface area contributed by atoms with Crippen LogP contribution in [0.3, 0.4) is 0 Å². The quantitative estimate of drug-likeness (QED) is 0.689. The van der Waals surface area contributed by atoms with Crippen molar-refractivity contribution in [2.24, 2.45) is 0 Å². The molecule has 3 rings (SSSR count). The summed E-state index contributed by atoms with van der Waals surface area (Å²) in [6.45, 7) is -0.0629. The minimum Gasteiger partial charge on any atom is -0.394 e. The van der Waals surface area contributed by atoms with Crippen LogP contribution >= 0.6 is 11.3 Å². The summed E-state index contributed by atoms with van der Waals surface area (Å²) in [4.78, 5) is 19.7. The Morgan fingerprint density at radius 1 is 1.42 bits per heavy atom. The number of hydrogen-bond donors (Lipinski definition) is 3. The molecular weight excluding hydrogens is 270 g/mol. The first-order valence-electron chi connectivity index (χ1n) is 5.80. The van der Waals surface area contributed by atoms with E-state index in [-0.39, 0.29) is 29.4 Å². The molecule has 0 aliphatic carbocycles. The fourth-order valence-corrected chi connectivity index (χ4v) is 3.08. The van der Waals surface area contributed by atoms with Crippen molar-refractivity contribution in [1.29, 1.82) is 0 Å². The van der Waals surface area contributed by atoms with Gasteiger partial charge in [0.25, 0.3) is 0 Å². The average molecular weight is 283 g/mol. The van der Waals surface area contributed by atoms with E-state index in [1.54, 1.807) is 0 Å². The van der Waals surface area contributed by atoms with E-state index in [4.69, 9.17) is 21.3 Å². The molecule has 8 nitrogen and oxygen atoms in total. The minimum atomic E-state index is -0.438. The highest BCUT2D eigenvalue weighted by Crippen LogP contribution is 2.31. The predicted octanol–water partition coefficient (Wildman–Crippen LogP) is -0.313. The van der Waals surface area contributed by atoms with E-state index in [1.165, 1.54) is 4.57 Å². The average Bonchev–Trinajstić information content (AvgIpc) is 2.93. The smallest absolute Gasteiger partial charge is 0.311 e. The normalized spacial score (nSPS) is 23.2. The molecule has 19 heavy (non-hydrogen) atoms. The maximum atomic E-state index is 12.1. The first-order chi connectivity index (χ1) is 9.10. The van der Waals surface area contributed by atoms with Crippen LogP contribution in [0.5, 0.6) is 0 Å². The lowest BCUT2D eigenvalue weighted by atomic mass is 10.2. The van der Waals surface area contributed by atoms with E-state index in [0.717, 1.165) is 11.3 Å². The second-order valence-corrected chi connectivity index (χ2v) is 5.29. The summed E-state index contributed by atoms with van der Waals surface area (Å²) in [6.07, 6.45) is 0.650. The van der Waals surface area contributed by atoms with Gasteiger partial charge in [-0.3, -0.25) is 9.36 Å². The molecule has 5 N–H and O–H groups in total. The molecule has 0 bridgehead atoms. The SMILES string of the molecule is Nc1nc(N)c2sc(=O)n([C@H]3CC[C@@H](CO)O3)c2n1. The lowest BCUT2D eigenvalue weighted by Gasteiger charge is -2.13. The van der Waals surface area contributed by atoms with Crippen molar-refractivity contribution in [3.63, 3.8) is 0 Å². The summed E-state index contributed by atoms with van der Waals surface area (Å²) >= 11 is 0.969. The Hall–Kier alpha value is -1.71. The van der Waals surface area contributed by atoms with E-state index in [0.29, 0.717) is 23.2 Å². The zero-order valence-electron chi connectivity index (χ0n) is 9.94. The molecule has 0 amide bonds. The highest BCUT2D eigenvalue weighted by atomic mass is 32.1. The maximum Gasteiger partial charge on any atom is 0.311 e. The van der Waals surface area contributed by atoms with Gasteiger partial charge in [0.05, 0.1) is 12.7 Å². The summed E-state index contributed by atoms with van der Waals surface area (Å²) in [5, 5.41) is 9.08. The summed E-state index contributed by atoms with van der Waals surface area (Å²) in [6, 6.07) is 0. The third-order valence-electron chi connectivity index (χ3n) is 3.08. The molecule has 2 aromatic rings. The summed E-state index contributed by atoms with van der Waals surface area (Å²) in [5.74, 6) is 0.216. The number of nitrogens with zero attached hydrogens (tertiary/aromatic N) is 3. The number of aliphatic hydroxyl groups excluding tert-OH is 1. The standard InChI is InChI=1S/C10H13N5O3S/c11-7-6-8(14-9(12)13-7)15(10(17)19-6)5-2-1-4(3-16)18-5/h4-5,16H,1-3H2,(H4,11,12,13,14)/t4-,5+/m0/s1. The van der Waals surface area contributed by atoms with Gasteiger partial charge in [0.2, 0.25) is 5.95 Å². The molecule has 1 fully saturated rings. The highest BCUT2D eigenvalue weighted by molar-refractivity contribution is 7.17. The Morgan fingerprint density at radius 3 is 2.89 bits per heavy atom. The Kier molecular flexibility index (Phi) is 2.88. The fraction of sp³-hybridized carbons (Fsp3) is 0.500. The van der Waals surface area contributed by atoms with E-state index >= 15 is 0 Å². The second-order valence-electron chi connectivity index (χ2n) is 4.33. The monoisotopic (exact) mass is 283 g/mol. The van der Waals surface area contributed by atoms with E-state index < -0.39 is 6.23 Å². The van der Waals surface area contributed by atoms with Gasteiger partial charge in [0.1, 0.15) is 16.7 Å². The largest absolute Gasteiger partial charge is 0.394 e. The topological polar surface area (TPSA) is 129 Å². The molecule has 102 valence electrons. The molecule has 0 spiro atoms. The summed E-state index contributed by atoms with van der Waals surface area (Å²) in [7, 11) is 0. The highest BCUT2D eigenvalue weighted by Gasteiger charge is 2.29. The number of nitrogens with two attached hydrogens (primary N) is 2. The van der Waals surface area contributed by atoms with Gasteiger partial charge in [-0.2, -0.15) is 9.97 Å². The Labute approximate surface area is 111 Å². The number of aliphatic hydroxyl groups is 1. The second kappa shape index (κ2) is 4.44. The van der Waals surface area contributed by atoms with Crippen molar-refractivity contribution in [1.82, 2.24) is 14.5 Å². The summed E-state index contributed by atoms with van der Waals surface area (Å²) < 4.78 is 7.55. The number of nitrogen functional groups attached to an aromatic ring is 2. The number of fused-ring (bicyclic) bond motifs is 1. The van der Waals surface area contributed by atoms with Crippen molar-refractivity contribution in [2.45, 2.75) is 25.2 Å². The molecule has 9 heteroatoms. The van der Waals surface area contributed by atoms with Crippen molar-refractivity contribution >= 4 is 33.5 Å². The number of thiazole rings is 1. The first-order valence-corrected chi connectivity index (χ1v) is 6.62. The van der Waals surface area contributed by atoms with Gasteiger partial charge in [-0.15, -0.1) is 0 Å².